The van der Waals surface area contributed by atoms with Gasteiger partial charge in [0.05, 0.1) is 38.1 Å². The normalized spacial score (nSPS) is 58.7. The van der Waals surface area contributed by atoms with Gasteiger partial charge in [-0.3, -0.25) is 0 Å². The predicted octanol–water partition coefficient (Wildman–Crippen LogP) is 0.0871. The fourth-order valence-electron chi connectivity index (χ4n) is 12.3. The predicted molar refractivity (Wildman–Crippen MR) is 180 cm³/mol. The molecule has 0 unspecified atom stereocenters. The topological polar surface area (TPSA) is 217 Å². The molecule has 0 aromatic rings. The lowest BCUT2D eigenvalue weighted by molar-refractivity contribution is -0.337. The third kappa shape index (κ3) is 5.42. The van der Waals surface area contributed by atoms with Crippen LogP contribution < -0.4 is 0 Å². The number of hydrogen-bond donors (Lipinski definition) is 8. The van der Waals surface area contributed by atoms with E-state index in [9.17, 15) is 40.9 Å². The molecule has 4 aliphatic carbocycles. The van der Waals surface area contributed by atoms with E-state index in [4.69, 9.17) is 28.4 Å². The molecule has 14 heteroatoms. The van der Waals surface area contributed by atoms with Crippen LogP contribution in [-0.2, 0) is 28.4 Å². The molecule has 4 heterocycles. The van der Waals surface area contributed by atoms with E-state index in [-0.39, 0.29) is 35.2 Å². The van der Waals surface area contributed by atoms with Crippen molar-refractivity contribution >= 4 is 0 Å². The molecule has 8 aliphatic rings. The maximum absolute atomic E-state index is 12.7. The van der Waals surface area contributed by atoms with Crippen molar-refractivity contribution < 1.29 is 69.3 Å². The second kappa shape index (κ2) is 13.4. The molecule has 3 saturated carbocycles. The molecule has 52 heavy (non-hydrogen) atoms. The zero-order valence-corrected chi connectivity index (χ0v) is 30.7. The van der Waals surface area contributed by atoms with Gasteiger partial charge in [0.1, 0.15) is 48.3 Å². The van der Waals surface area contributed by atoms with Crippen molar-refractivity contribution in [3.63, 3.8) is 0 Å². The molecular weight excluding hydrogens is 680 g/mol. The highest BCUT2D eigenvalue weighted by Crippen LogP contribution is 2.72. The monoisotopic (exact) mass is 740 g/mol. The standard InChI is InChI=1S/C38H60O14/c1-17-5-10-37(47-16-17)18(2)38(46)26(52-37)13-22-27-21(7-9-36(22,38)4)35(3)8-6-20(11-19(35)12-23(27)41)48-33-31(45)29(43)32(25(15-40)50-33)51-34-30(44)28(42)24(14-39)49-34/h12,17-18,20-34,39-46H,5-11,13-16H2,1-4H3/t17-,18-,20+,21+,22+,23-,24+,25-,26+,27-,28+,29-,30-,31-,32-,33-,34+,35+,36+,37-,38-/m1/s1. The zero-order valence-electron chi connectivity index (χ0n) is 30.7. The van der Waals surface area contributed by atoms with Crippen LogP contribution in [-0.4, -0.2) is 146 Å². The van der Waals surface area contributed by atoms with E-state index in [1.54, 1.807) is 0 Å². The Hall–Kier alpha value is -0.820. The molecule has 4 aliphatic heterocycles. The average Bonchev–Trinajstić information content (AvgIpc) is 3.61. The van der Waals surface area contributed by atoms with Gasteiger partial charge in [0.15, 0.2) is 18.4 Å². The van der Waals surface area contributed by atoms with Crippen molar-refractivity contribution in [2.75, 3.05) is 19.8 Å². The Morgan fingerprint density at radius 3 is 2.17 bits per heavy atom. The van der Waals surface area contributed by atoms with E-state index in [1.165, 1.54) is 0 Å². The number of hydrogen-bond acceptors (Lipinski definition) is 14. The molecule has 4 saturated heterocycles. The summed E-state index contributed by atoms with van der Waals surface area (Å²) < 4.78 is 36.4. The molecule has 1 spiro atoms. The van der Waals surface area contributed by atoms with Crippen LogP contribution in [0.4, 0.5) is 0 Å². The Bertz CT molecular complexity index is 1350. The number of ether oxygens (including phenoxy) is 6. The average molecular weight is 741 g/mol. The van der Waals surface area contributed by atoms with Crippen molar-refractivity contribution in [2.45, 2.75) is 164 Å². The van der Waals surface area contributed by atoms with Gasteiger partial charge in [-0.1, -0.05) is 39.3 Å². The number of aliphatic hydroxyl groups is 8. The van der Waals surface area contributed by atoms with E-state index < -0.39 is 97.5 Å². The summed E-state index contributed by atoms with van der Waals surface area (Å²) in [7, 11) is 0. The van der Waals surface area contributed by atoms with E-state index in [2.05, 4.69) is 27.7 Å². The van der Waals surface area contributed by atoms with Gasteiger partial charge in [-0.05, 0) is 74.0 Å². The third-order valence-corrected chi connectivity index (χ3v) is 15.5. The van der Waals surface area contributed by atoms with Crippen molar-refractivity contribution in [1.29, 1.82) is 0 Å². The first-order valence-electron chi connectivity index (χ1n) is 19.6. The summed E-state index contributed by atoms with van der Waals surface area (Å²) >= 11 is 0. The fraction of sp³-hybridized carbons (Fsp3) is 0.947. The summed E-state index contributed by atoms with van der Waals surface area (Å²) in [6.45, 7) is 8.26. The Morgan fingerprint density at radius 1 is 0.808 bits per heavy atom. The van der Waals surface area contributed by atoms with Gasteiger partial charge in [-0.2, -0.15) is 0 Å². The molecule has 21 atom stereocenters. The minimum absolute atomic E-state index is 0.0318. The zero-order chi connectivity index (χ0) is 37.1. The summed E-state index contributed by atoms with van der Waals surface area (Å²) in [5.74, 6) is -0.221. The number of rotatable bonds is 6. The maximum Gasteiger partial charge on any atom is 0.187 e. The quantitative estimate of drug-likeness (QED) is 0.170. The van der Waals surface area contributed by atoms with Crippen molar-refractivity contribution in [3.05, 3.63) is 11.6 Å². The third-order valence-electron chi connectivity index (χ3n) is 15.5. The molecule has 0 aromatic heterocycles. The minimum atomic E-state index is -1.59. The lowest BCUT2D eigenvalue weighted by Crippen LogP contribution is -2.62. The number of aliphatic hydroxyl groups excluding tert-OH is 7. The largest absolute Gasteiger partial charge is 0.394 e. The Balaban J connectivity index is 0.949. The molecule has 0 radical (unpaired) electrons. The second-order valence-corrected chi connectivity index (χ2v) is 18.0. The highest BCUT2D eigenvalue weighted by molar-refractivity contribution is 5.31. The first-order valence-corrected chi connectivity index (χ1v) is 19.6. The summed E-state index contributed by atoms with van der Waals surface area (Å²) in [6, 6.07) is 0. The van der Waals surface area contributed by atoms with Crippen LogP contribution in [0.1, 0.15) is 79.1 Å². The fourth-order valence-corrected chi connectivity index (χ4v) is 12.3. The van der Waals surface area contributed by atoms with Gasteiger partial charge in [0.25, 0.3) is 0 Å². The summed E-state index contributed by atoms with van der Waals surface area (Å²) in [4.78, 5) is 0. The molecule has 14 nitrogen and oxygen atoms in total. The Labute approximate surface area is 305 Å². The van der Waals surface area contributed by atoms with E-state index >= 15 is 0 Å². The van der Waals surface area contributed by atoms with Crippen LogP contribution in [0.3, 0.4) is 0 Å². The van der Waals surface area contributed by atoms with Gasteiger partial charge >= 0.3 is 0 Å². The molecule has 0 aromatic carbocycles. The molecular formula is C38H60O14. The second-order valence-electron chi connectivity index (χ2n) is 18.0. The smallest absolute Gasteiger partial charge is 0.187 e. The Kier molecular flexibility index (Phi) is 9.81. The molecule has 8 rings (SSSR count). The van der Waals surface area contributed by atoms with Gasteiger partial charge in [-0.15, -0.1) is 0 Å². The van der Waals surface area contributed by atoms with Gasteiger partial charge in [-0.25, -0.2) is 0 Å². The van der Waals surface area contributed by atoms with E-state index in [0.717, 1.165) is 37.7 Å². The molecule has 0 bridgehead atoms. The number of fused-ring (bicyclic) bond motifs is 7. The molecule has 7 fully saturated rings. The molecule has 8 N–H and O–H groups in total. The van der Waals surface area contributed by atoms with Crippen LogP contribution >= 0.6 is 0 Å². The van der Waals surface area contributed by atoms with Gasteiger partial charge in [0, 0.05) is 17.8 Å². The van der Waals surface area contributed by atoms with Crippen LogP contribution in [0, 0.1) is 40.4 Å². The first-order chi connectivity index (χ1) is 24.6. The molecule has 296 valence electrons. The highest BCUT2D eigenvalue weighted by Gasteiger charge is 2.76. The van der Waals surface area contributed by atoms with Gasteiger partial charge < -0.3 is 69.3 Å². The maximum atomic E-state index is 12.7. The lowest BCUT2D eigenvalue weighted by Gasteiger charge is -2.60. The van der Waals surface area contributed by atoms with E-state index in [0.29, 0.717) is 31.8 Å². The highest BCUT2D eigenvalue weighted by atomic mass is 16.7. The SMILES string of the molecule is C[C@@H]1CC[C@@]2(OC1)O[C@H]1C[C@H]3[C@@H]4[C@H](O)C=C5C[C@@H](O[C@@H]6O[C@H](CO)[C@@H](O[C@@H]7O[C@@H](CO)[C@H](O)[C@H]7O)[C@H](O)[C@H]6O)CC[C@]5(C)[C@H]4CC[C@]3(C)[C@@]1(O)[C@@H]2C. The van der Waals surface area contributed by atoms with Crippen molar-refractivity contribution in [3.8, 4) is 0 Å². The first kappa shape index (κ1) is 38.1. The van der Waals surface area contributed by atoms with E-state index in [1.807, 2.05) is 6.08 Å². The Morgan fingerprint density at radius 2 is 1.50 bits per heavy atom. The van der Waals surface area contributed by atoms with Crippen LogP contribution in [0.25, 0.3) is 0 Å². The van der Waals surface area contributed by atoms with Crippen LogP contribution in [0.15, 0.2) is 11.6 Å². The van der Waals surface area contributed by atoms with Crippen molar-refractivity contribution in [2.24, 2.45) is 40.4 Å². The van der Waals surface area contributed by atoms with Gasteiger partial charge in [0.2, 0.25) is 0 Å². The van der Waals surface area contributed by atoms with Crippen LogP contribution in [0.5, 0.6) is 0 Å². The summed E-state index contributed by atoms with van der Waals surface area (Å²) in [6.07, 6.45) is -5.73. The van der Waals surface area contributed by atoms with Crippen molar-refractivity contribution in [1.82, 2.24) is 0 Å². The molecule has 0 amide bonds. The summed E-state index contributed by atoms with van der Waals surface area (Å²) in [5, 5.41) is 86.7. The summed E-state index contributed by atoms with van der Waals surface area (Å²) in [5.41, 5.74) is -0.575. The lowest BCUT2D eigenvalue weighted by atomic mass is 9.45. The van der Waals surface area contributed by atoms with Crippen LogP contribution in [0.2, 0.25) is 0 Å². The minimum Gasteiger partial charge on any atom is -0.394 e.